The number of carbonyl (C=O) groups excluding carboxylic acids is 4. The fraction of sp³-hybridized carbons (Fsp3) is 0.304. The van der Waals surface area contributed by atoms with Crippen LogP contribution in [0, 0.1) is 6.92 Å². The third-order valence-electron chi connectivity index (χ3n) is 5.64. The molecule has 1 fully saturated rings. The molecule has 4 amide bonds. The second-order valence-electron chi connectivity index (χ2n) is 7.81. The Balaban J connectivity index is 1.37. The van der Waals surface area contributed by atoms with Crippen molar-refractivity contribution in [2.45, 2.75) is 31.7 Å². The fourth-order valence-electron chi connectivity index (χ4n) is 4.11. The number of nitrogens with one attached hydrogen (secondary N) is 2. The Kier molecular flexibility index (Phi) is 5.46. The molecule has 0 bridgehead atoms. The number of urea groups is 1. The van der Waals surface area contributed by atoms with Crippen molar-refractivity contribution in [1.82, 2.24) is 10.2 Å². The number of ether oxygens (including phenoxy) is 1. The molecule has 8 nitrogen and oxygen atoms in total. The maximum absolute atomic E-state index is 13.2. The monoisotopic (exact) mass is 421 g/mol. The van der Waals surface area contributed by atoms with E-state index in [2.05, 4.69) is 10.6 Å². The highest BCUT2D eigenvalue weighted by Crippen LogP contribution is 2.39. The van der Waals surface area contributed by atoms with Crippen molar-refractivity contribution >= 4 is 29.5 Å². The fourth-order valence-corrected chi connectivity index (χ4v) is 4.11. The van der Waals surface area contributed by atoms with Crippen molar-refractivity contribution in [3.8, 4) is 0 Å². The van der Waals surface area contributed by atoms with Gasteiger partial charge in [0.05, 0.1) is 0 Å². The molecule has 2 aromatic rings. The number of fused-ring (bicyclic) bond motifs is 2. The van der Waals surface area contributed by atoms with Crippen molar-refractivity contribution in [2.75, 3.05) is 18.5 Å². The number of carbonyl (C=O) groups is 4. The number of hydrogen-bond donors (Lipinski definition) is 2. The van der Waals surface area contributed by atoms with Gasteiger partial charge < -0.3 is 15.4 Å². The Labute approximate surface area is 179 Å². The zero-order valence-corrected chi connectivity index (χ0v) is 17.1. The average molecular weight is 421 g/mol. The molecule has 0 unspecified atom stereocenters. The van der Waals surface area contributed by atoms with E-state index in [4.69, 9.17) is 4.74 Å². The number of nitrogens with zero attached hydrogens (tertiary/aromatic N) is 1. The van der Waals surface area contributed by atoms with Crippen molar-refractivity contribution < 1.29 is 23.9 Å². The van der Waals surface area contributed by atoms with Crippen molar-refractivity contribution in [2.24, 2.45) is 0 Å². The van der Waals surface area contributed by atoms with Crippen molar-refractivity contribution in [1.29, 1.82) is 0 Å². The molecule has 1 aliphatic carbocycles. The lowest BCUT2D eigenvalue weighted by Gasteiger charge is -2.33. The van der Waals surface area contributed by atoms with Gasteiger partial charge in [-0.15, -0.1) is 0 Å². The van der Waals surface area contributed by atoms with E-state index in [-0.39, 0.29) is 0 Å². The van der Waals surface area contributed by atoms with E-state index >= 15 is 0 Å². The summed E-state index contributed by atoms with van der Waals surface area (Å²) in [5, 5.41) is 5.40. The van der Waals surface area contributed by atoms with Gasteiger partial charge in [-0.3, -0.25) is 19.3 Å². The Morgan fingerprint density at radius 2 is 1.87 bits per heavy atom. The number of benzene rings is 2. The lowest BCUT2D eigenvalue weighted by atomic mass is 9.76. The number of esters is 1. The van der Waals surface area contributed by atoms with Gasteiger partial charge in [-0.2, -0.15) is 0 Å². The van der Waals surface area contributed by atoms with E-state index in [1.807, 2.05) is 43.3 Å². The molecule has 160 valence electrons. The van der Waals surface area contributed by atoms with Crippen molar-refractivity contribution in [3.05, 3.63) is 65.2 Å². The van der Waals surface area contributed by atoms with Gasteiger partial charge in [-0.1, -0.05) is 42.0 Å². The summed E-state index contributed by atoms with van der Waals surface area (Å²) in [5.41, 5.74) is 2.28. The molecular weight excluding hydrogens is 398 g/mol. The van der Waals surface area contributed by atoms with Crippen LogP contribution >= 0.6 is 0 Å². The Hall–Kier alpha value is -3.68. The summed E-state index contributed by atoms with van der Waals surface area (Å²) in [6, 6.07) is 14.0. The van der Waals surface area contributed by atoms with Crippen LogP contribution in [-0.4, -0.2) is 41.9 Å². The molecule has 1 atom stereocenters. The maximum Gasteiger partial charge on any atom is 0.326 e. The third kappa shape index (κ3) is 4.01. The molecule has 0 radical (unpaired) electrons. The zero-order chi connectivity index (χ0) is 22.0. The summed E-state index contributed by atoms with van der Waals surface area (Å²) >= 11 is 0. The molecule has 0 aromatic heterocycles. The number of aryl methyl sites for hydroxylation is 2. The zero-order valence-electron chi connectivity index (χ0n) is 17.1. The summed E-state index contributed by atoms with van der Waals surface area (Å²) in [6.07, 6.45) is 2.05. The largest absolute Gasteiger partial charge is 0.454 e. The standard InChI is InChI=1S/C23H23N3O5/c1-15-8-10-17(11-9-15)24-19(27)14-31-20(28)13-26-21(29)23(25-22(26)30)12-4-6-16-5-2-3-7-18(16)23/h2-3,5,7-11H,4,6,12-14H2,1H3,(H,24,27)(H,25,30)/t23-/m0/s1. The summed E-state index contributed by atoms with van der Waals surface area (Å²) in [6.45, 7) is 0.871. The molecule has 8 heteroatoms. The third-order valence-corrected chi connectivity index (χ3v) is 5.64. The van der Waals surface area contributed by atoms with Gasteiger partial charge in [0.15, 0.2) is 6.61 Å². The van der Waals surface area contributed by atoms with E-state index in [0.29, 0.717) is 12.1 Å². The number of imide groups is 1. The molecule has 2 aromatic carbocycles. The number of amides is 4. The molecule has 1 saturated heterocycles. The van der Waals surface area contributed by atoms with E-state index in [1.165, 1.54) is 0 Å². The first kappa shape index (κ1) is 20.6. The van der Waals surface area contributed by atoms with Crippen molar-refractivity contribution in [3.63, 3.8) is 0 Å². The quantitative estimate of drug-likeness (QED) is 0.569. The highest BCUT2D eigenvalue weighted by molar-refractivity contribution is 6.09. The summed E-state index contributed by atoms with van der Waals surface area (Å²) < 4.78 is 4.98. The van der Waals surface area contributed by atoms with Crippen LogP contribution in [0.3, 0.4) is 0 Å². The Bertz CT molecular complexity index is 1050. The van der Waals surface area contributed by atoms with E-state index in [1.54, 1.807) is 12.1 Å². The topological polar surface area (TPSA) is 105 Å². The van der Waals surface area contributed by atoms with Crippen LogP contribution in [-0.2, 0) is 31.1 Å². The lowest BCUT2D eigenvalue weighted by Crippen LogP contribution is -2.46. The summed E-state index contributed by atoms with van der Waals surface area (Å²) in [4.78, 5) is 50.8. The summed E-state index contributed by atoms with van der Waals surface area (Å²) in [5.74, 6) is -1.80. The minimum Gasteiger partial charge on any atom is -0.454 e. The number of hydrogen-bond acceptors (Lipinski definition) is 5. The molecule has 4 rings (SSSR count). The number of rotatable bonds is 5. The number of anilines is 1. The predicted molar refractivity (Wildman–Crippen MR) is 112 cm³/mol. The average Bonchev–Trinajstić information content (AvgIpc) is 2.99. The molecule has 1 heterocycles. The first-order chi connectivity index (χ1) is 14.9. The van der Waals surface area contributed by atoms with Crippen LogP contribution in [0.2, 0.25) is 0 Å². The van der Waals surface area contributed by atoms with Crippen LogP contribution in [0.25, 0.3) is 0 Å². The van der Waals surface area contributed by atoms with Gasteiger partial charge in [-0.05, 0) is 49.4 Å². The molecule has 2 N–H and O–H groups in total. The van der Waals surface area contributed by atoms with Crippen LogP contribution in [0.5, 0.6) is 0 Å². The SMILES string of the molecule is Cc1ccc(NC(=O)COC(=O)CN2C(=O)N[C@]3(CCCc4ccccc43)C2=O)cc1. The second kappa shape index (κ2) is 8.22. The molecular formula is C23H23N3O5. The lowest BCUT2D eigenvalue weighted by molar-refractivity contribution is -0.150. The Morgan fingerprint density at radius 1 is 1.13 bits per heavy atom. The van der Waals surface area contributed by atoms with E-state index < -0.39 is 42.5 Å². The second-order valence-corrected chi connectivity index (χ2v) is 7.81. The molecule has 1 spiro atoms. The van der Waals surface area contributed by atoms with E-state index in [9.17, 15) is 19.2 Å². The normalized spacial score (nSPS) is 19.7. The molecule has 1 aliphatic heterocycles. The molecule has 0 saturated carbocycles. The minimum atomic E-state index is -1.14. The minimum absolute atomic E-state index is 0.467. The van der Waals surface area contributed by atoms with Gasteiger partial charge >= 0.3 is 12.0 Å². The van der Waals surface area contributed by atoms with E-state index in [0.717, 1.165) is 34.4 Å². The maximum atomic E-state index is 13.2. The summed E-state index contributed by atoms with van der Waals surface area (Å²) in [7, 11) is 0. The van der Waals surface area contributed by atoms with Gasteiger partial charge in [-0.25, -0.2) is 4.79 Å². The van der Waals surface area contributed by atoms with Gasteiger partial charge in [0, 0.05) is 5.69 Å². The first-order valence-electron chi connectivity index (χ1n) is 10.1. The smallest absolute Gasteiger partial charge is 0.326 e. The highest BCUT2D eigenvalue weighted by atomic mass is 16.5. The first-order valence-corrected chi connectivity index (χ1v) is 10.1. The highest BCUT2D eigenvalue weighted by Gasteiger charge is 2.54. The predicted octanol–water partition coefficient (Wildman–Crippen LogP) is 2.26. The van der Waals surface area contributed by atoms with Crippen LogP contribution in [0.4, 0.5) is 10.5 Å². The van der Waals surface area contributed by atoms with Crippen LogP contribution < -0.4 is 10.6 Å². The van der Waals surface area contributed by atoms with Gasteiger partial charge in [0.2, 0.25) is 0 Å². The van der Waals surface area contributed by atoms with Gasteiger partial charge in [0.1, 0.15) is 12.1 Å². The Morgan fingerprint density at radius 3 is 2.65 bits per heavy atom. The molecule has 31 heavy (non-hydrogen) atoms. The van der Waals surface area contributed by atoms with Crippen LogP contribution in [0.15, 0.2) is 48.5 Å². The van der Waals surface area contributed by atoms with Crippen LogP contribution in [0.1, 0.15) is 29.5 Å². The molecule has 2 aliphatic rings. The van der Waals surface area contributed by atoms with Gasteiger partial charge in [0.25, 0.3) is 11.8 Å².